The maximum absolute atomic E-state index is 13.4. The molecule has 1 heterocycles. The molecule has 2 rings (SSSR count). The zero-order valence-electron chi connectivity index (χ0n) is 10.1. The van der Waals surface area contributed by atoms with Crippen molar-refractivity contribution in [3.63, 3.8) is 0 Å². The van der Waals surface area contributed by atoms with E-state index in [4.69, 9.17) is 17.0 Å². The van der Waals surface area contributed by atoms with Gasteiger partial charge >= 0.3 is 0 Å². The predicted molar refractivity (Wildman–Crippen MR) is 73.7 cm³/mol. The van der Waals surface area contributed by atoms with Crippen molar-refractivity contribution in [3.8, 4) is 5.75 Å². The first-order valence-electron chi connectivity index (χ1n) is 5.54. The summed E-state index contributed by atoms with van der Waals surface area (Å²) in [6, 6.07) is 3.14. The van der Waals surface area contributed by atoms with E-state index in [0.29, 0.717) is 10.5 Å². The van der Waals surface area contributed by atoms with Crippen LogP contribution in [-0.2, 0) is 5.75 Å². The molecule has 1 aromatic carbocycles. The molecule has 0 fully saturated rings. The lowest BCUT2D eigenvalue weighted by molar-refractivity contribution is 0.290. The van der Waals surface area contributed by atoms with Crippen molar-refractivity contribution >= 4 is 24.0 Å². The van der Waals surface area contributed by atoms with Gasteiger partial charge in [-0.25, -0.2) is 8.78 Å². The third kappa shape index (κ3) is 4.07. The number of rotatable bonds is 5. The molecule has 0 aliphatic heterocycles. The summed E-state index contributed by atoms with van der Waals surface area (Å²) in [5.41, 5.74) is 0.610. The number of ether oxygens (including phenoxy) is 1. The number of H-pyrrole nitrogens is 2. The van der Waals surface area contributed by atoms with Crippen LogP contribution in [0, 0.1) is 16.4 Å². The summed E-state index contributed by atoms with van der Waals surface area (Å²) in [6.45, 7) is 1.77. The van der Waals surface area contributed by atoms with Crippen molar-refractivity contribution in [3.05, 3.63) is 46.5 Å². The molecule has 0 saturated carbocycles. The number of halogens is 2. The Kier molecular flexibility index (Phi) is 4.60. The molecule has 0 spiro atoms. The largest absolute Gasteiger partial charge is 0.477 e. The summed E-state index contributed by atoms with van der Waals surface area (Å²) < 4.78 is 32.3. The minimum absolute atomic E-state index is 0.0815. The molecule has 1 atom stereocenters. The molecule has 2 N–H and O–H groups in total. The lowest BCUT2D eigenvalue weighted by Gasteiger charge is -2.14. The Morgan fingerprint density at radius 1 is 1.42 bits per heavy atom. The summed E-state index contributed by atoms with van der Waals surface area (Å²) in [7, 11) is 0. The number of benzene rings is 1. The van der Waals surface area contributed by atoms with Crippen molar-refractivity contribution in [1.82, 2.24) is 9.97 Å². The van der Waals surface area contributed by atoms with Gasteiger partial charge in [0.15, 0.2) is 16.3 Å². The highest BCUT2D eigenvalue weighted by Gasteiger charge is 2.10. The molecule has 1 aromatic heterocycles. The van der Waals surface area contributed by atoms with Crippen LogP contribution in [0.3, 0.4) is 0 Å². The van der Waals surface area contributed by atoms with Crippen molar-refractivity contribution in [2.75, 3.05) is 0 Å². The summed E-state index contributed by atoms with van der Waals surface area (Å²) >= 11 is 6.35. The third-order valence-corrected chi connectivity index (χ3v) is 3.57. The van der Waals surface area contributed by atoms with Crippen LogP contribution in [0.5, 0.6) is 5.75 Å². The highest BCUT2D eigenvalue weighted by atomic mass is 32.2. The van der Waals surface area contributed by atoms with Gasteiger partial charge in [0.1, 0.15) is 11.3 Å². The Hall–Kier alpha value is -1.34. The van der Waals surface area contributed by atoms with Gasteiger partial charge in [0.05, 0.1) is 0 Å². The fraction of sp³-hybridized carbons (Fsp3) is 0.250. The zero-order valence-corrected chi connectivity index (χ0v) is 11.7. The first kappa shape index (κ1) is 14.1. The summed E-state index contributed by atoms with van der Waals surface area (Å²) in [5, 5.41) is 0. The predicted octanol–water partition coefficient (Wildman–Crippen LogP) is 4.01. The van der Waals surface area contributed by atoms with E-state index in [2.05, 4.69) is 9.97 Å². The molecule has 0 aliphatic carbocycles. The molecule has 19 heavy (non-hydrogen) atoms. The topological polar surface area (TPSA) is 40.8 Å². The summed E-state index contributed by atoms with van der Waals surface area (Å²) in [4.78, 5) is 5.82. The molecule has 0 radical (unpaired) electrons. The van der Waals surface area contributed by atoms with Gasteiger partial charge in [-0.15, -0.1) is 11.8 Å². The second-order valence-corrected chi connectivity index (χ2v) is 5.53. The van der Waals surface area contributed by atoms with Crippen LogP contribution in [0.15, 0.2) is 24.4 Å². The van der Waals surface area contributed by atoms with E-state index in [-0.39, 0.29) is 11.2 Å². The fourth-order valence-electron chi connectivity index (χ4n) is 1.44. The summed E-state index contributed by atoms with van der Waals surface area (Å²) in [6.07, 6.45) is 1.77. The van der Waals surface area contributed by atoms with Gasteiger partial charge in [-0.05, 0) is 31.3 Å². The molecule has 1 unspecified atom stereocenters. The molecule has 3 nitrogen and oxygen atoms in total. The van der Waals surface area contributed by atoms with Crippen LogP contribution in [0.25, 0.3) is 0 Å². The normalized spacial score (nSPS) is 12.4. The van der Waals surface area contributed by atoms with Crippen LogP contribution in [-0.4, -0.2) is 15.4 Å². The van der Waals surface area contributed by atoms with Gasteiger partial charge in [-0.1, -0.05) is 0 Å². The minimum Gasteiger partial charge on any atom is -0.477 e. The first-order valence-corrected chi connectivity index (χ1v) is 7.00. The van der Waals surface area contributed by atoms with Gasteiger partial charge in [0.25, 0.3) is 0 Å². The smallest absolute Gasteiger partial charge is 0.174 e. The Morgan fingerprint density at radius 3 is 2.89 bits per heavy atom. The number of hydrogen-bond donors (Lipinski definition) is 2. The molecule has 2 aromatic rings. The Bertz CT molecular complexity index is 612. The molecule has 7 heteroatoms. The van der Waals surface area contributed by atoms with Gasteiger partial charge in [0.2, 0.25) is 0 Å². The number of imidazole rings is 1. The second kappa shape index (κ2) is 6.21. The standard InChI is InChI=1S/C12H12F2N2OS2/c1-7(19-6-9-5-15-12(18)16-9)17-11-4-8(13)2-3-10(11)14/h2-5,7H,6H2,1H3,(H2,15,16,18). The number of aromatic nitrogens is 2. The van der Waals surface area contributed by atoms with Crippen LogP contribution < -0.4 is 4.74 Å². The molecule has 0 bridgehead atoms. The van der Waals surface area contributed by atoms with E-state index in [0.717, 1.165) is 23.9 Å². The maximum atomic E-state index is 13.4. The summed E-state index contributed by atoms with van der Waals surface area (Å²) in [5.74, 6) is -0.550. The molecular formula is C12H12F2N2OS2. The van der Waals surface area contributed by atoms with E-state index >= 15 is 0 Å². The SMILES string of the molecule is CC(Oc1cc(F)ccc1F)SCc1c[nH]c(=S)[nH]1. The Balaban J connectivity index is 1.92. The van der Waals surface area contributed by atoms with E-state index in [1.54, 1.807) is 13.1 Å². The first-order chi connectivity index (χ1) is 9.04. The van der Waals surface area contributed by atoms with Crippen molar-refractivity contribution in [1.29, 1.82) is 0 Å². The van der Waals surface area contributed by atoms with Crippen LogP contribution in [0.2, 0.25) is 0 Å². The highest BCUT2D eigenvalue weighted by molar-refractivity contribution is 7.98. The van der Waals surface area contributed by atoms with E-state index < -0.39 is 11.6 Å². The van der Waals surface area contributed by atoms with Crippen LogP contribution >= 0.6 is 24.0 Å². The van der Waals surface area contributed by atoms with Gasteiger partial charge in [-0.2, -0.15) is 0 Å². The quantitative estimate of drug-likeness (QED) is 0.647. The molecular weight excluding hydrogens is 290 g/mol. The minimum atomic E-state index is -0.574. The van der Waals surface area contributed by atoms with E-state index in [1.807, 2.05) is 0 Å². The lowest BCUT2D eigenvalue weighted by Crippen LogP contribution is -2.08. The monoisotopic (exact) mass is 302 g/mol. The van der Waals surface area contributed by atoms with Gasteiger partial charge < -0.3 is 14.7 Å². The van der Waals surface area contributed by atoms with Crippen molar-refractivity contribution in [2.45, 2.75) is 18.1 Å². The van der Waals surface area contributed by atoms with Crippen molar-refractivity contribution in [2.24, 2.45) is 0 Å². The van der Waals surface area contributed by atoms with Gasteiger partial charge in [-0.3, -0.25) is 0 Å². The van der Waals surface area contributed by atoms with Gasteiger partial charge in [0, 0.05) is 23.7 Å². The molecule has 0 aliphatic rings. The van der Waals surface area contributed by atoms with E-state index in [9.17, 15) is 8.78 Å². The van der Waals surface area contributed by atoms with Crippen LogP contribution in [0.1, 0.15) is 12.6 Å². The van der Waals surface area contributed by atoms with Crippen LogP contribution in [0.4, 0.5) is 8.78 Å². The average molecular weight is 302 g/mol. The van der Waals surface area contributed by atoms with E-state index in [1.165, 1.54) is 11.8 Å². The fourth-order valence-corrected chi connectivity index (χ4v) is 2.37. The zero-order chi connectivity index (χ0) is 13.8. The number of aromatic amines is 2. The number of thioether (sulfide) groups is 1. The number of nitrogens with one attached hydrogen (secondary N) is 2. The average Bonchev–Trinajstić information content (AvgIpc) is 2.77. The highest BCUT2D eigenvalue weighted by Crippen LogP contribution is 2.24. The molecule has 0 amide bonds. The maximum Gasteiger partial charge on any atom is 0.174 e. The molecule has 0 saturated heterocycles. The lowest BCUT2D eigenvalue weighted by atomic mass is 10.3. The third-order valence-electron chi connectivity index (χ3n) is 2.31. The Labute approximate surface area is 118 Å². The molecule has 102 valence electrons. The number of hydrogen-bond acceptors (Lipinski definition) is 3. The second-order valence-electron chi connectivity index (χ2n) is 3.84. The Morgan fingerprint density at radius 2 is 2.21 bits per heavy atom. The van der Waals surface area contributed by atoms with Crippen molar-refractivity contribution < 1.29 is 13.5 Å².